The number of carboxylic acid groups (broad SMARTS) is 1. The fraction of sp³-hybridized carbons (Fsp3) is 0.426. The van der Waals surface area contributed by atoms with Crippen LogP contribution >= 0.6 is 0 Å². The lowest BCUT2D eigenvalue weighted by atomic mass is 9.82. The summed E-state index contributed by atoms with van der Waals surface area (Å²) in [5.74, 6) is -5.88. The SMILES string of the molecule is CC[C@H](C)[C@H](NC(=O)CNC(=O)[C@H](C)NC(=O)[C@H](CC(C)C)NC(=O)[C@H](NC(C)=O)C1c2ccccc2CCc2ccccc21)C(=O)N[C@@H](Cc1c[nH]c2ccccc12)C(=O)O. The second kappa shape index (κ2) is 21.3. The van der Waals surface area contributed by atoms with E-state index in [4.69, 9.17) is 0 Å². The smallest absolute Gasteiger partial charge is 0.326 e. The summed E-state index contributed by atoms with van der Waals surface area (Å²) >= 11 is 0. The quantitative estimate of drug-likeness (QED) is 0.0696. The third-order valence-corrected chi connectivity index (χ3v) is 11.5. The van der Waals surface area contributed by atoms with Crippen molar-refractivity contribution in [2.24, 2.45) is 11.8 Å². The van der Waals surface area contributed by atoms with E-state index in [1.165, 1.54) is 13.8 Å². The first kappa shape index (κ1) is 46.6. The summed E-state index contributed by atoms with van der Waals surface area (Å²) in [7, 11) is 0. The molecule has 15 heteroatoms. The first-order valence-electron chi connectivity index (χ1n) is 21.3. The van der Waals surface area contributed by atoms with Crippen LogP contribution in [0.4, 0.5) is 0 Å². The topological polar surface area (TPSA) is 228 Å². The van der Waals surface area contributed by atoms with E-state index >= 15 is 0 Å². The van der Waals surface area contributed by atoms with Crippen molar-refractivity contribution in [3.8, 4) is 0 Å². The maximum atomic E-state index is 14.3. The number of hydrogen-bond acceptors (Lipinski definition) is 7. The molecular formula is C47H59N7O8. The molecule has 1 aromatic heterocycles. The van der Waals surface area contributed by atoms with Crippen LogP contribution in [0.3, 0.4) is 0 Å². The summed E-state index contributed by atoms with van der Waals surface area (Å²) in [5.41, 5.74) is 5.48. The highest BCUT2D eigenvalue weighted by Crippen LogP contribution is 2.37. The molecule has 6 atom stereocenters. The van der Waals surface area contributed by atoms with Gasteiger partial charge in [0.25, 0.3) is 0 Å². The van der Waals surface area contributed by atoms with E-state index in [9.17, 15) is 38.7 Å². The predicted molar refractivity (Wildman–Crippen MR) is 235 cm³/mol. The first-order chi connectivity index (χ1) is 29.6. The Morgan fingerprint density at radius 2 is 1.31 bits per heavy atom. The van der Waals surface area contributed by atoms with Gasteiger partial charge in [-0.15, -0.1) is 0 Å². The highest BCUT2D eigenvalue weighted by atomic mass is 16.4. The number of hydrogen-bond donors (Lipinski definition) is 8. The van der Waals surface area contributed by atoms with E-state index in [0.717, 1.165) is 46.0 Å². The summed E-state index contributed by atoms with van der Waals surface area (Å²) < 4.78 is 0. The summed E-state index contributed by atoms with van der Waals surface area (Å²) in [6, 6.07) is 17.4. The molecule has 4 aromatic rings. The Balaban J connectivity index is 1.22. The minimum Gasteiger partial charge on any atom is -0.480 e. The number of fused-ring (bicyclic) bond motifs is 3. The van der Waals surface area contributed by atoms with E-state index in [2.05, 4.69) is 36.9 Å². The Kier molecular flexibility index (Phi) is 16.0. The number of nitrogens with one attached hydrogen (secondary N) is 7. The number of benzene rings is 3. The fourth-order valence-corrected chi connectivity index (χ4v) is 8.02. The Morgan fingerprint density at radius 3 is 1.90 bits per heavy atom. The number of amides is 6. The van der Waals surface area contributed by atoms with Crippen molar-refractivity contribution in [1.29, 1.82) is 0 Å². The molecule has 8 N–H and O–H groups in total. The zero-order valence-electron chi connectivity index (χ0n) is 36.2. The highest BCUT2D eigenvalue weighted by molar-refractivity contribution is 5.96. The Bertz CT molecular complexity index is 2220. The fourth-order valence-electron chi connectivity index (χ4n) is 8.02. The van der Waals surface area contributed by atoms with Crippen LogP contribution in [-0.4, -0.2) is 88.3 Å². The Labute approximate surface area is 362 Å². The number of H-pyrrole nitrogens is 1. The van der Waals surface area contributed by atoms with Gasteiger partial charge >= 0.3 is 5.97 Å². The summed E-state index contributed by atoms with van der Waals surface area (Å²) in [4.78, 5) is 96.0. The molecule has 1 heterocycles. The van der Waals surface area contributed by atoms with Gasteiger partial charge in [-0.1, -0.05) is 101 Å². The minimum absolute atomic E-state index is 0.00703. The van der Waals surface area contributed by atoms with Crippen molar-refractivity contribution >= 4 is 52.3 Å². The standard InChI is InChI=1S/C47H59N7O8/c1-7-27(4)41(45(59)53-38(47(61)62)23-32-24-48-36-19-13-12-16-33(32)36)54-39(56)25-49-43(57)28(5)50-44(58)37(22-26(2)3)52-46(60)42(51-29(6)55)40-34-17-10-8-14-30(34)20-21-31-15-9-11-18-35(31)40/h8-19,24,26-28,37-38,40-42,48H,7,20-23,25H2,1-6H3,(H,49,57)(H,50,58)(H,51,55)(H,52,60)(H,53,59)(H,54,56)(H,61,62)/t27-,28-,37-,38-,41-,42+/m0/s1. The summed E-state index contributed by atoms with van der Waals surface area (Å²) in [6.45, 7) is 9.60. The van der Waals surface area contributed by atoms with Gasteiger partial charge in [-0.3, -0.25) is 28.8 Å². The molecule has 0 aliphatic heterocycles. The largest absolute Gasteiger partial charge is 0.480 e. The van der Waals surface area contributed by atoms with Crippen LogP contribution in [0.1, 0.15) is 88.1 Å². The maximum absolute atomic E-state index is 14.3. The Hall–Kier alpha value is -6.51. The molecule has 0 radical (unpaired) electrons. The number of rotatable bonds is 19. The van der Waals surface area contributed by atoms with E-state index in [1.54, 1.807) is 13.1 Å². The van der Waals surface area contributed by atoms with Crippen molar-refractivity contribution in [2.45, 2.75) is 110 Å². The van der Waals surface area contributed by atoms with E-state index < -0.39 is 84.1 Å². The third-order valence-electron chi connectivity index (χ3n) is 11.5. The zero-order valence-corrected chi connectivity index (χ0v) is 36.2. The van der Waals surface area contributed by atoms with Crippen molar-refractivity contribution in [3.63, 3.8) is 0 Å². The zero-order chi connectivity index (χ0) is 45.1. The average molecular weight is 850 g/mol. The van der Waals surface area contributed by atoms with Crippen molar-refractivity contribution in [2.75, 3.05) is 6.54 Å². The molecule has 1 aliphatic rings. The first-order valence-corrected chi connectivity index (χ1v) is 21.3. The number of carbonyl (C=O) groups is 7. The lowest BCUT2D eigenvalue weighted by molar-refractivity contribution is -0.142. The van der Waals surface area contributed by atoms with E-state index in [-0.39, 0.29) is 24.7 Å². The maximum Gasteiger partial charge on any atom is 0.326 e. The molecule has 1 aliphatic carbocycles. The molecule has 6 amide bonds. The van der Waals surface area contributed by atoms with Crippen LogP contribution in [0.25, 0.3) is 10.9 Å². The van der Waals surface area contributed by atoms with Gasteiger partial charge < -0.3 is 42.0 Å². The van der Waals surface area contributed by atoms with Crippen molar-refractivity contribution in [3.05, 3.63) is 107 Å². The molecule has 5 rings (SSSR count). The van der Waals surface area contributed by atoms with E-state index in [1.807, 2.05) is 93.6 Å². The molecular weight excluding hydrogens is 791 g/mol. The molecule has 3 aromatic carbocycles. The lowest BCUT2D eigenvalue weighted by Crippen LogP contribution is -2.58. The molecule has 0 bridgehead atoms. The molecule has 330 valence electrons. The monoisotopic (exact) mass is 849 g/mol. The van der Waals surface area contributed by atoms with Crippen LogP contribution < -0.4 is 31.9 Å². The summed E-state index contributed by atoms with van der Waals surface area (Å²) in [6.07, 6.45) is 3.93. The number of aromatic nitrogens is 1. The second-order valence-corrected chi connectivity index (χ2v) is 16.6. The van der Waals surface area contributed by atoms with Crippen LogP contribution in [0, 0.1) is 11.8 Å². The van der Waals surface area contributed by atoms with Gasteiger partial charge in [0.05, 0.1) is 6.54 Å². The number of carbonyl (C=O) groups excluding carboxylic acids is 6. The van der Waals surface area contributed by atoms with Crippen LogP contribution in [0.5, 0.6) is 0 Å². The average Bonchev–Trinajstić information content (AvgIpc) is 3.57. The lowest BCUT2D eigenvalue weighted by Gasteiger charge is -2.31. The van der Waals surface area contributed by atoms with Gasteiger partial charge in [0.2, 0.25) is 35.4 Å². The van der Waals surface area contributed by atoms with Gasteiger partial charge in [-0.05, 0) is 71.9 Å². The second-order valence-electron chi connectivity index (χ2n) is 16.6. The van der Waals surface area contributed by atoms with Crippen molar-refractivity contribution in [1.82, 2.24) is 36.9 Å². The molecule has 0 saturated heterocycles. The summed E-state index contributed by atoms with van der Waals surface area (Å²) in [5, 5.41) is 26.9. The molecule has 62 heavy (non-hydrogen) atoms. The van der Waals surface area contributed by atoms with Crippen molar-refractivity contribution < 1.29 is 38.7 Å². The highest BCUT2D eigenvalue weighted by Gasteiger charge is 2.38. The van der Waals surface area contributed by atoms with Crippen LogP contribution in [0.15, 0.2) is 79.0 Å². The number of aliphatic carboxylic acids is 1. The third kappa shape index (κ3) is 11.9. The molecule has 0 fully saturated rings. The van der Waals surface area contributed by atoms with Gasteiger partial charge in [0.15, 0.2) is 0 Å². The van der Waals surface area contributed by atoms with Gasteiger partial charge in [0.1, 0.15) is 30.2 Å². The van der Waals surface area contributed by atoms with Gasteiger partial charge in [-0.2, -0.15) is 0 Å². The van der Waals surface area contributed by atoms with Gasteiger partial charge in [-0.25, -0.2) is 4.79 Å². The number of carboxylic acids is 1. The van der Waals surface area contributed by atoms with Crippen LogP contribution in [0.2, 0.25) is 0 Å². The molecule has 15 nitrogen and oxygen atoms in total. The normalized spacial score (nSPS) is 15.3. The molecule has 0 unspecified atom stereocenters. The van der Waals surface area contributed by atoms with Crippen LogP contribution in [-0.2, 0) is 52.8 Å². The predicted octanol–water partition coefficient (Wildman–Crippen LogP) is 3.40. The number of aryl methyl sites for hydroxylation is 2. The number of aromatic amines is 1. The Morgan fingerprint density at radius 1 is 0.710 bits per heavy atom. The minimum atomic E-state index is -1.28. The number of para-hydroxylation sites is 1. The molecule has 0 saturated carbocycles. The molecule has 0 spiro atoms. The van der Waals surface area contributed by atoms with E-state index in [0.29, 0.717) is 12.0 Å². The van der Waals surface area contributed by atoms with Gasteiger partial charge in [0, 0.05) is 36.4 Å².